The highest BCUT2D eigenvalue weighted by Gasteiger charge is 2.22. The van der Waals surface area contributed by atoms with E-state index in [-0.39, 0.29) is 24.4 Å². The number of hydrogen-bond donors (Lipinski definition) is 4. The molecule has 0 spiro atoms. The molecule has 1 unspecified atom stereocenters. The van der Waals surface area contributed by atoms with E-state index in [0.717, 1.165) is 16.7 Å². The zero-order chi connectivity index (χ0) is 24.5. The van der Waals surface area contributed by atoms with Crippen LogP contribution in [0.5, 0.6) is 0 Å². The molecule has 5 N–H and O–H groups in total. The summed E-state index contributed by atoms with van der Waals surface area (Å²) in [5.74, 6) is -1.61. The van der Waals surface area contributed by atoms with Gasteiger partial charge in [-0.05, 0) is 41.7 Å². The molecule has 0 saturated carbocycles. The summed E-state index contributed by atoms with van der Waals surface area (Å²) in [7, 11) is 0. The fourth-order valence-corrected chi connectivity index (χ4v) is 3.62. The molecule has 0 aliphatic rings. The minimum absolute atomic E-state index is 0.112. The molecule has 1 amide bonds. The minimum Gasteiger partial charge on any atom is -0.480 e. The largest absolute Gasteiger partial charge is 0.480 e. The van der Waals surface area contributed by atoms with E-state index in [9.17, 15) is 19.5 Å². The number of carboxylic acid groups (broad SMARTS) is 1. The fourth-order valence-electron chi connectivity index (χ4n) is 3.62. The number of carboxylic acids is 1. The van der Waals surface area contributed by atoms with Crippen molar-refractivity contribution in [3.05, 3.63) is 107 Å². The molecule has 176 valence electrons. The van der Waals surface area contributed by atoms with Crippen LogP contribution in [0.4, 0.5) is 0 Å². The van der Waals surface area contributed by atoms with Crippen molar-refractivity contribution in [3.63, 3.8) is 0 Å². The van der Waals surface area contributed by atoms with Crippen molar-refractivity contribution >= 4 is 11.9 Å². The molecule has 1 aromatic heterocycles. The Morgan fingerprint density at radius 3 is 2.44 bits per heavy atom. The Bertz CT molecular complexity index is 1220. The van der Waals surface area contributed by atoms with Gasteiger partial charge in [-0.3, -0.25) is 9.59 Å². The Morgan fingerprint density at radius 2 is 1.74 bits per heavy atom. The Morgan fingerprint density at radius 1 is 1.03 bits per heavy atom. The SMILES string of the molecule is C=C(N)NCCCC(NC(=O)c1cccn(Cc2ccccc2-c2ccccc2)c1=O)C(=O)O. The molecule has 3 aromatic rings. The maximum Gasteiger partial charge on any atom is 0.326 e. The number of carbonyl (C=O) groups excluding carboxylic acids is 1. The van der Waals surface area contributed by atoms with Crippen LogP contribution in [-0.4, -0.2) is 34.1 Å². The van der Waals surface area contributed by atoms with Crippen LogP contribution < -0.4 is 21.9 Å². The number of hydrogen-bond acceptors (Lipinski definition) is 5. The quantitative estimate of drug-likeness (QED) is 0.326. The van der Waals surface area contributed by atoms with Crippen LogP contribution in [0.25, 0.3) is 11.1 Å². The van der Waals surface area contributed by atoms with E-state index >= 15 is 0 Å². The lowest BCUT2D eigenvalue weighted by atomic mass is 9.99. The summed E-state index contributed by atoms with van der Waals surface area (Å²) in [6.45, 7) is 4.20. The molecule has 2 aromatic carbocycles. The molecular formula is C26H28N4O4. The number of carbonyl (C=O) groups is 2. The number of benzene rings is 2. The monoisotopic (exact) mass is 460 g/mol. The summed E-state index contributed by atoms with van der Waals surface area (Å²) in [4.78, 5) is 37.4. The number of rotatable bonds is 11. The van der Waals surface area contributed by atoms with Crippen molar-refractivity contribution in [2.24, 2.45) is 5.73 Å². The normalized spacial score (nSPS) is 11.4. The van der Waals surface area contributed by atoms with Crippen molar-refractivity contribution in [1.82, 2.24) is 15.2 Å². The van der Waals surface area contributed by atoms with Crippen LogP contribution in [0.3, 0.4) is 0 Å². The van der Waals surface area contributed by atoms with E-state index in [1.54, 1.807) is 12.3 Å². The molecule has 0 aliphatic carbocycles. The average Bonchev–Trinajstić information content (AvgIpc) is 2.83. The second-order valence-corrected chi connectivity index (χ2v) is 7.84. The van der Waals surface area contributed by atoms with Crippen molar-refractivity contribution in [2.75, 3.05) is 6.54 Å². The highest BCUT2D eigenvalue weighted by Crippen LogP contribution is 2.23. The first-order valence-corrected chi connectivity index (χ1v) is 10.9. The highest BCUT2D eigenvalue weighted by molar-refractivity contribution is 5.96. The molecule has 1 heterocycles. The van der Waals surface area contributed by atoms with Gasteiger partial charge >= 0.3 is 5.97 Å². The van der Waals surface area contributed by atoms with E-state index < -0.39 is 23.5 Å². The van der Waals surface area contributed by atoms with Gasteiger partial charge in [-0.1, -0.05) is 61.2 Å². The highest BCUT2D eigenvalue weighted by atomic mass is 16.4. The van der Waals surface area contributed by atoms with Crippen LogP contribution >= 0.6 is 0 Å². The van der Waals surface area contributed by atoms with Crippen LogP contribution in [0, 0.1) is 0 Å². The molecule has 3 rings (SSSR count). The zero-order valence-electron chi connectivity index (χ0n) is 18.7. The lowest BCUT2D eigenvalue weighted by molar-refractivity contribution is -0.139. The number of nitrogens with zero attached hydrogens (tertiary/aromatic N) is 1. The second-order valence-electron chi connectivity index (χ2n) is 7.84. The summed E-state index contributed by atoms with van der Waals surface area (Å²) in [6.07, 6.45) is 2.23. The molecule has 34 heavy (non-hydrogen) atoms. The summed E-state index contributed by atoms with van der Waals surface area (Å²) in [6, 6.07) is 19.5. The maximum atomic E-state index is 13.1. The van der Waals surface area contributed by atoms with Crippen molar-refractivity contribution in [1.29, 1.82) is 0 Å². The predicted molar refractivity (Wildman–Crippen MR) is 131 cm³/mol. The number of nitrogens with two attached hydrogens (primary N) is 1. The standard InChI is InChI=1S/C26H28N4O4/c1-18(27)28-15-7-14-23(26(33)34)29-24(31)22-13-8-16-30(25(22)32)17-20-11-5-6-12-21(20)19-9-3-2-4-10-19/h2-6,8-13,16,23,28H,1,7,14-15,17,27H2,(H,29,31)(H,33,34). The molecule has 0 saturated heterocycles. The third-order valence-electron chi connectivity index (χ3n) is 5.33. The van der Waals surface area contributed by atoms with E-state index in [4.69, 9.17) is 5.73 Å². The van der Waals surface area contributed by atoms with Crippen LogP contribution in [0.2, 0.25) is 0 Å². The van der Waals surface area contributed by atoms with Crippen LogP contribution in [0.1, 0.15) is 28.8 Å². The van der Waals surface area contributed by atoms with Gasteiger partial charge in [-0.2, -0.15) is 0 Å². The van der Waals surface area contributed by atoms with E-state index in [0.29, 0.717) is 13.0 Å². The Balaban J connectivity index is 1.77. The molecule has 0 radical (unpaired) electrons. The Hall–Kier alpha value is -4.33. The van der Waals surface area contributed by atoms with Crippen molar-refractivity contribution < 1.29 is 14.7 Å². The van der Waals surface area contributed by atoms with Gasteiger partial charge < -0.3 is 26.0 Å². The topological polar surface area (TPSA) is 126 Å². The molecule has 8 heteroatoms. The lowest BCUT2D eigenvalue weighted by Crippen LogP contribution is -2.43. The van der Waals surface area contributed by atoms with Gasteiger partial charge in [0.15, 0.2) is 0 Å². The van der Waals surface area contributed by atoms with Gasteiger partial charge in [-0.25, -0.2) is 4.79 Å². The third-order valence-corrected chi connectivity index (χ3v) is 5.33. The van der Waals surface area contributed by atoms with E-state index in [1.165, 1.54) is 10.6 Å². The lowest BCUT2D eigenvalue weighted by Gasteiger charge is -2.16. The number of pyridine rings is 1. The third kappa shape index (κ3) is 6.35. The second kappa shape index (κ2) is 11.5. The summed E-state index contributed by atoms with van der Waals surface area (Å²) < 4.78 is 1.45. The molecule has 0 aliphatic heterocycles. The Kier molecular flexibility index (Phi) is 8.23. The van der Waals surface area contributed by atoms with Gasteiger partial charge in [0.25, 0.3) is 11.5 Å². The number of amides is 1. The molecule has 1 atom stereocenters. The molecule has 0 bridgehead atoms. The average molecular weight is 461 g/mol. The maximum absolute atomic E-state index is 13.1. The first kappa shape index (κ1) is 24.3. The van der Waals surface area contributed by atoms with Gasteiger partial charge in [0, 0.05) is 12.7 Å². The molecule has 8 nitrogen and oxygen atoms in total. The fraction of sp³-hybridized carbons (Fsp3) is 0.192. The van der Waals surface area contributed by atoms with E-state index in [1.807, 2.05) is 54.6 Å². The van der Waals surface area contributed by atoms with Crippen molar-refractivity contribution in [2.45, 2.75) is 25.4 Å². The van der Waals surface area contributed by atoms with Gasteiger partial charge in [-0.15, -0.1) is 0 Å². The van der Waals surface area contributed by atoms with E-state index in [2.05, 4.69) is 17.2 Å². The van der Waals surface area contributed by atoms with Crippen LogP contribution in [0.15, 0.2) is 90.1 Å². The summed E-state index contributed by atoms with van der Waals surface area (Å²) in [5.41, 5.74) is 7.76. The van der Waals surface area contributed by atoms with Gasteiger partial charge in [0.05, 0.1) is 12.4 Å². The number of aromatic nitrogens is 1. The predicted octanol–water partition coefficient (Wildman–Crippen LogP) is 2.55. The molecular weight excluding hydrogens is 432 g/mol. The first-order valence-electron chi connectivity index (χ1n) is 10.9. The number of nitrogens with one attached hydrogen (secondary N) is 2. The minimum atomic E-state index is -1.17. The Labute approximate surface area is 197 Å². The number of aliphatic carboxylic acids is 1. The first-order chi connectivity index (χ1) is 16.4. The smallest absolute Gasteiger partial charge is 0.326 e. The zero-order valence-corrected chi connectivity index (χ0v) is 18.7. The van der Waals surface area contributed by atoms with Crippen LogP contribution in [-0.2, 0) is 11.3 Å². The van der Waals surface area contributed by atoms with Gasteiger partial charge in [0.2, 0.25) is 0 Å². The van der Waals surface area contributed by atoms with Crippen molar-refractivity contribution in [3.8, 4) is 11.1 Å². The summed E-state index contributed by atoms with van der Waals surface area (Å²) in [5, 5.41) is 14.7. The van der Waals surface area contributed by atoms with Gasteiger partial charge in [0.1, 0.15) is 11.6 Å². The molecule has 0 fully saturated rings. The summed E-state index contributed by atoms with van der Waals surface area (Å²) >= 11 is 0.